The van der Waals surface area contributed by atoms with Crippen LogP contribution in [-0.2, 0) is 18.9 Å². The fraction of sp³-hybridized carbons (Fsp3) is 0.400. The summed E-state index contributed by atoms with van der Waals surface area (Å²) in [6.45, 7) is -0.227. The summed E-state index contributed by atoms with van der Waals surface area (Å²) in [4.78, 5) is 0. The quantitative estimate of drug-likeness (QED) is 0.873. The van der Waals surface area contributed by atoms with Gasteiger partial charge in [0.05, 0.1) is 13.2 Å². The molecule has 6 heteroatoms. The summed E-state index contributed by atoms with van der Waals surface area (Å²) in [5.74, 6) is 0. The standard InChI is InChI=1S/C20H22O6/c21-11-16-18-17(25-20(26-18)14-9-5-2-6-10-14)15(22)12-23-19(24-16)13-7-3-1-4-8-13/h1-10,15-22H,11-12H2/t15-,16+,17+,18+,19?,20?/m0/s1. The first-order chi connectivity index (χ1) is 12.8. The first-order valence-electron chi connectivity index (χ1n) is 8.73. The van der Waals surface area contributed by atoms with Crippen molar-refractivity contribution in [2.75, 3.05) is 13.2 Å². The van der Waals surface area contributed by atoms with Crippen LogP contribution in [0, 0.1) is 0 Å². The minimum atomic E-state index is -0.891. The van der Waals surface area contributed by atoms with Crippen molar-refractivity contribution in [3.05, 3.63) is 71.8 Å². The first kappa shape index (κ1) is 17.6. The highest BCUT2D eigenvalue weighted by atomic mass is 16.8. The third kappa shape index (κ3) is 3.53. The molecule has 0 radical (unpaired) electrons. The second-order valence-corrected chi connectivity index (χ2v) is 6.44. The number of aliphatic hydroxyl groups is 2. The third-order valence-corrected chi connectivity index (χ3v) is 4.67. The second-order valence-electron chi connectivity index (χ2n) is 6.44. The minimum Gasteiger partial charge on any atom is -0.394 e. The Kier molecular flexibility index (Phi) is 5.31. The van der Waals surface area contributed by atoms with Crippen molar-refractivity contribution in [2.45, 2.75) is 37.0 Å². The lowest BCUT2D eigenvalue weighted by Crippen LogP contribution is -2.49. The van der Waals surface area contributed by atoms with E-state index < -0.39 is 37.0 Å². The minimum absolute atomic E-state index is 0.0454. The van der Waals surface area contributed by atoms with Crippen LogP contribution in [0.2, 0.25) is 0 Å². The van der Waals surface area contributed by atoms with Gasteiger partial charge in [-0.2, -0.15) is 0 Å². The molecular formula is C20H22O6. The molecule has 0 saturated carbocycles. The lowest BCUT2D eigenvalue weighted by atomic mass is 10.0. The Bertz CT molecular complexity index is 694. The van der Waals surface area contributed by atoms with Crippen LogP contribution < -0.4 is 0 Å². The summed E-state index contributed by atoms with van der Waals surface area (Å²) in [6.07, 6.45) is -4.13. The van der Waals surface area contributed by atoms with Crippen LogP contribution in [0.5, 0.6) is 0 Å². The van der Waals surface area contributed by atoms with E-state index in [1.807, 2.05) is 60.7 Å². The highest BCUT2D eigenvalue weighted by Gasteiger charge is 2.47. The number of hydrogen-bond acceptors (Lipinski definition) is 6. The van der Waals surface area contributed by atoms with Crippen molar-refractivity contribution in [3.63, 3.8) is 0 Å². The summed E-state index contributed by atoms with van der Waals surface area (Å²) in [5.41, 5.74) is 1.67. The molecule has 6 atom stereocenters. The first-order valence-corrected chi connectivity index (χ1v) is 8.73. The summed E-state index contributed by atoms with van der Waals surface area (Å²) < 4.78 is 23.7. The molecule has 6 nitrogen and oxygen atoms in total. The highest BCUT2D eigenvalue weighted by molar-refractivity contribution is 5.18. The van der Waals surface area contributed by atoms with Crippen molar-refractivity contribution in [3.8, 4) is 0 Å². The zero-order valence-corrected chi connectivity index (χ0v) is 14.2. The third-order valence-electron chi connectivity index (χ3n) is 4.67. The Balaban J connectivity index is 1.57. The van der Waals surface area contributed by atoms with Crippen LogP contribution in [0.15, 0.2) is 60.7 Å². The largest absolute Gasteiger partial charge is 0.394 e. The second kappa shape index (κ2) is 7.84. The molecule has 2 unspecified atom stereocenters. The van der Waals surface area contributed by atoms with E-state index in [1.165, 1.54) is 0 Å². The van der Waals surface area contributed by atoms with Crippen LogP contribution in [0.3, 0.4) is 0 Å². The maximum atomic E-state index is 10.6. The fourth-order valence-electron chi connectivity index (χ4n) is 3.34. The Morgan fingerprint density at radius 3 is 1.96 bits per heavy atom. The average Bonchev–Trinajstić information content (AvgIpc) is 3.13. The summed E-state index contributed by atoms with van der Waals surface area (Å²) >= 11 is 0. The molecule has 0 amide bonds. The molecule has 2 aromatic carbocycles. The smallest absolute Gasteiger partial charge is 0.184 e. The SMILES string of the molecule is OC[C@H]1OC(c2ccccc2)OC[C@H](O)[C@H]2OC(c3ccccc3)O[C@@H]21. The fourth-order valence-corrected chi connectivity index (χ4v) is 3.34. The van der Waals surface area contributed by atoms with E-state index in [9.17, 15) is 10.2 Å². The topological polar surface area (TPSA) is 77.4 Å². The zero-order valence-electron chi connectivity index (χ0n) is 14.2. The van der Waals surface area contributed by atoms with Crippen molar-refractivity contribution in [2.24, 2.45) is 0 Å². The van der Waals surface area contributed by atoms with Gasteiger partial charge in [-0.15, -0.1) is 0 Å². The maximum Gasteiger partial charge on any atom is 0.184 e. The predicted molar refractivity (Wildman–Crippen MR) is 92.0 cm³/mol. The Hall–Kier alpha value is -1.80. The summed E-state index contributed by atoms with van der Waals surface area (Å²) in [5, 5.41) is 20.4. The predicted octanol–water partition coefficient (Wildman–Crippen LogP) is 1.94. The van der Waals surface area contributed by atoms with Crippen LogP contribution in [0.25, 0.3) is 0 Å². The van der Waals surface area contributed by atoms with E-state index in [2.05, 4.69) is 0 Å². The molecule has 2 fully saturated rings. The molecule has 26 heavy (non-hydrogen) atoms. The van der Waals surface area contributed by atoms with Gasteiger partial charge in [-0.1, -0.05) is 60.7 Å². The van der Waals surface area contributed by atoms with Gasteiger partial charge in [0.2, 0.25) is 0 Å². The highest BCUT2D eigenvalue weighted by Crippen LogP contribution is 2.38. The van der Waals surface area contributed by atoms with Crippen LogP contribution in [0.1, 0.15) is 23.7 Å². The van der Waals surface area contributed by atoms with E-state index in [0.29, 0.717) is 0 Å². The van der Waals surface area contributed by atoms with Gasteiger partial charge in [-0.3, -0.25) is 0 Å². The number of aliphatic hydroxyl groups excluding tert-OH is 2. The monoisotopic (exact) mass is 358 g/mol. The van der Waals surface area contributed by atoms with E-state index in [0.717, 1.165) is 11.1 Å². The van der Waals surface area contributed by atoms with Crippen LogP contribution >= 0.6 is 0 Å². The molecule has 2 aromatic rings. The normalized spacial score (nSPS) is 34.7. The van der Waals surface area contributed by atoms with Gasteiger partial charge in [-0.05, 0) is 0 Å². The van der Waals surface area contributed by atoms with Gasteiger partial charge < -0.3 is 29.2 Å². The summed E-state index contributed by atoms with van der Waals surface area (Å²) in [7, 11) is 0. The van der Waals surface area contributed by atoms with E-state index in [1.54, 1.807) is 0 Å². The van der Waals surface area contributed by atoms with Crippen LogP contribution in [0.4, 0.5) is 0 Å². The Labute approximate surface area is 151 Å². The van der Waals surface area contributed by atoms with Gasteiger partial charge in [-0.25, -0.2) is 0 Å². The number of fused-ring (bicyclic) bond motifs is 1. The number of benzene rings is 2. The molecule has 0 aromatic heterocycles. The van der Waals surface area contributed by atoms with Gasteiger partial charge in [0.1, 0.15) is 24.4 Å². The molecule has 2 saturated heterocycles. The lowest BCUT2D eigenvalue weighted by Gasteiger charge is -2.34. The van der Waals surface area contributed by atoms with Crippen molar-refractivity contribution < 1.29 is 29.2 Å². The van der Waals surface area contributed by atoms with E-state index in [4.69, 9.17) is 18.9 Å². The molecular weight excluding hydrogens is 336 g/mol. The molecule has 2 aliphatic rings. The Morgan fingerprint density at radius 2 is 1.35 bits per heavy atom. The molecule has 0 spiro atoms. The van der Waals surface area contributed by atoms with Gasteiger partial charge in [0.15, 0.2) is 12.6 Å². The number of rotatable bonds is 3. The van der Waals surface area contributed by atoms with Gasteiger partial charge in [0.25, 0.3) is 0 Å². The van der Waals surface area contributed by atoms with E-state index in [-0.39, 0.29) is 13.2 Å². The molecule has 2 heterocycles. The lowest BCUT2D eigenvalue weighted by molar-refractivity contribution is -0.239. The van der Waals surface area contributed by atoms with Gasteiger partial charge in [0, 0.05) is 11.1 Å². The number of ether oxygens (including phenoxy) is 4. The molecule has 4 rings (SSSR count). The molecule has 2 N–H and O–H groups in total. The molecule has 0 bridgehead atoms. The van der Waals surface area contributed by atoms with Crippen LogP contribution in [-0.4, -0.2) is 47.8 Å². The maximum absolute atomic E-state index is 10.6. The average molecular weight is 358 g/mol. The van der Waals surface area contributed by atoms with Crippen molar-refractivity contribution >= 4 is 0 Å². The number of hydrogen-bond donors (Lipinski definition) is 2. The molecule has 138 valence electrons. The summed E-state index contributed by atoms with van der Waals surface area (Å²) in [6, 6.07) is 18.9. The Morgan fingerprint density at radius 1 is 0.769 bits per heavy atom. The van der Waals surface area contributed by atoms with Crippen molar-refractivity contribution in [1.82, 2.24) is 0 Å². The molecule has 0 aliphatic carbocycles. The molecule has 2 aliphatic heterocycles. The van der Waals surface area contributed by atoms with Gasteiger partial charge >= 0.3 is 0 Å². The van der Waals surface area contributed by atoms with Crippen molar-refractivity contribution in [1.29, 1.82) is 0 Å². The zero-order chi connectivity index (χ0) is 17.9. The van der Waals surface area contributed by atoms with E-state index >= 15 is 0 Å².